The van der Waals surface area contributed by atoms with Crippen molar-refractivity contribution >= 4 is 11.6 Å². The average Bonchev–Trinajstić information content (AvgIpc) is 3.40. The second-order valence-electron chi connectivity index (χ2n) is 8.27. The van der Waals surface area contributed by atoms with Crippen LogP contribution in [-0.2, 0) is 4.79 Å². The fourth-order valence-electron chi connectivity index (χ4n) is 4.14. The number of likely N-dealkylation sites (N-methyl/N-ethyl adjacent to an activating group) is 2. The average molecular weight is 414 g/mol. The highest BCUT2D eigenvalue weighted by Gasteiger charge is 2.31. The summed E-state index contributed by atoms with van der Waals surface area (Å²) < 4.78 is 5.24. The highest BCUT2D eigenvalue weighted by Crippen LogP contribution is 2.27. The quantitative estimate of drug-likeness (QED) is 0.627. The number of carbonyl (C=O) groups is 1. The molecule has 1 saturated heterocycles. The summed E-state index contributed by atoms with van der Waals surface area (Å²) in [5.41, 5.74) is 2.04. The van der Waals surface area contributed by atoms with Crippen LogP contribution in [0.3, 0.4) is 0 Å². The van der Waals surface area contributed by atoms with Crippen LogP contribution in [0.5, 0.6) is 0 Å². The molecule has 0 bridgehead atoms. The van der Waals surface area contributed by atoms with E-state index in [0.717, 1.165) is 56.9 Å². The number of nitrogens with zero attached hydrogens (tertiary/aromatic N) is 5. The molecule has 1 fully saturated rings. The van der Waals surface area contributed by atoms with Crippen LogP contribution in [0.2, 0.25) is 0 Å². The number of benzene rings is 1. The molecule has 0 N–H and O–H groups in total. The van der Waals surface area contributed by atoms with E-state index in [-0.39, 0.29) is 11.8 Å². The van der Waals surface area contributed by atoms with Crippen molar-refractivity contribution in [2.24, 2.45) is 5.92 Å². The Morgan fingerprint density at radius 3 is 2.50 bits per heavy atom. The van der Waals surface area contributed by atoms with Crippen LogP contribution in [0.15, 0.2) is 28.8 Å². The zero-order valence-electron chi connectivity index (χ0n) is 19.0. The number of hydrogen-bond acceptors (Lipinski definition) is 6. The highest BCUT2D eigenvalue weighted by atomic mass is 16.5. The lowest BCUT2D eigenvalue weighted by Gasteiger charge is -2.30. The van der Waals surface area contributed by atoms with E-state index >= 15 is 0 Å². The molecule has 0 radical (unpaired) electrons. The van der Waals surface area contributed by atoms with Crippen molar-refractivity contribution in [3.63, 3.8) is 0 Å². The third-order valence-corrected chi connectivity index (χ3v) is 6.03. The van der Waals surface area contributed by atoms with Crippen molar-refractivity contribution in [1.82, 2.24) is 19.9 Å². The number of hydrogen-bond donors (Lipinski definition) is 0. The molecule has 7 nitrogen and oxygen atoms in total. The first-order valence-corrected chi connectivity index (χ1v) is 11.1. The lowest BCUT2D eigenvalue weighted by molar-refractivity contribution is -0.134. The summed E-state index contributed by atoms with van der Waals surface area (Å²) in [4.78, 5) is 24.1. The van der Waals surface area contributed by atoms with Gasteiger partial charge in [-0.25, -0.2) is 0 Å². The van der Waals surface area contributed by atoms with Gasteiger partial charge in [0.15, 0.2) is 5.82 Å². The van der Waals surface area contributed by atoms with Crippen LogP contribution in [0.4, 0.5) is 5.69 Å². The smallest absolute Gasteiger partial charge is 0.257 e. The first-order valence-electron chi connectivity index (χ1n) is 11.1. The van der Waals surface area contributed by atoms with Crippen LogP contribution in [-0.4, -0.2) is 71.2 Å². The van der Waals surface area contributed by atoms with E-state index in [9.17, 15) is 4.79 Å². The minimum absolute atomic E-state index is 0.0670. The van der Waals surface area contributed by atoms with Crippen molar-refractivity contribution in [2.45, 2.75) is 47.1 Å². The summed E-state index contributed by atoms with van der Waals surface area (Å²) in [6.07, 6.45) is 0.904. The maximum absolute atomic E-state index is 13.1. The van der Waals surface area contributed by atoms with Gasteiger partial charge in [0.05, 0.1) is 5.92 Å². The van der Waals surface area contributed by atoms with Crippen molar-refractivity contribution in [3.05, 3.63) is 30.1 Å². The van der Waals surface area contributed by atoms with E-state index < -0.39 is 0 Å². The van der Waals surface area contributed by atoms with Crippen molar-refractivity contribution < 1.29 is 9.32 Å². The number of rotatable bonds is 9. The number of aromatic nitrogens is 2. The van der Waals surface area contributed by atoms with Gasteiger partial charge >= 0.3 is 0 Å². The zero-order valence-corrected chi connectivity index (χ0v) is 19.0. The molecule has 1 atom stereocenters. The number of carbonyl (C=O) groups excluding carboxylic acids is 1. The van der Waals surface area contributed by atoms with Crippen LogP contribution in [0, 0.1) is 12.8 Å². The molecule has 1 aromatic heterocycles. The molecule has 30 heavy (non-hydrogen) atoms. The molecule has 0 aliphatic carbocycles. The Morgan fingerprint density at radius 2 is 1.93 bits per heavy atom. The zero-order chi connectivity index (χ0) is 21.7. The molecule has 2 aromatic rings. The highest BCUT2D eigenvalue weighted by molar-refractivity contribution is 5.80. The van der Waals surface area contributed by atoms with Crippen molar-refractivity contribution in [1.29, 1.82) is 0 Å². The molecule has 1 aromatic carbocycles. The first kappa shape index (κ1) is 22.3. The van der Waals surface area contributed by atoms with Gasteiger partial charge in [0.1, 0.15) is 0 Å². The summed E-state index contributed by atoms with van der Waals surface area (Å²) in [5.74, 6) is 1.52. The van der Waals surface area contributed by atoms with E-state index in [2.05, 4.69) is 59.8 Å². The largest absolute Gasteiger partial charge is 0.371 e. The maximum atomic E-state index is 13.1. The summed E-state index contributed by atoms with van der Waals surface area (Å²) >= 11 is 0. The van der Waals surface area contributed by atoms with Gasteiger partial charge in [-0.2, -0.15) is 4.98 Å². The molecule has 0 saturated carbocycles. The van der Waals surface area contributed by atoms with E-state index in [1.807, 2.05) is 24.0 Å². The lowest BCUT2D eigenvalue weighted by atomic mass is 10.1. The van der Waals surface area contributed by atoms with Crippen LogP contribution >= 0.6 is 0 Å². The van der Waals surface area contributed by atoms with Gasteiger partial charge in [-0.3, -0.25) is 9.69 Å². The fourth-order valence-corrected chi connectivity index (χ4v) is 4.14. The lowest BCUT2D eigenvalue weighted by Crippen LogP contribution is -2.43. The minimum Gasteiger partial charge on any atom is -0.371 e. The third-order valence-electron chi connectivity index (χ3n) is 6.03. The van der Waals surface area contributed by atoms with Crippen molar-refractivity contribution in [2.75, 3.05) is 44.2 Å². The van der Waals surface area contributed by atoms with Crippen LogP contribution in [0.25, 0.3) is 11.5 Å². The molecule has 2 heterocycles. The van der Waals surface area contributed by atoms with Gasteiger partial charge in [-0.05, 0) is 64.9 Å². The van der Waals surface area contributed by atoms with Gasteiger partial charge in [0, 0.05) is 50.0 Å². The van der Waals surface area contributed by atoms with E-state index in [0.29, 0.717) is 17.8 Å². The summed E-state index contributed by atoms with van der Waals surface area (Å²) in [6.45, 7) is 15.7. The molecule has 0 spiro atoms. The van der Waals surface area contributed by atoms with Crippen LogP contribution < -0.4 is 4.90 Å². The molecule has 0 unspecified atom stereocenters. The number of aryl methyl sites for hydroxylation is 1. The van der Waals surface area contributed by atoms with Gasteiger partial charge < -0.3 is 14.3 Å². The van der Waals surface area contributed by atoms with E-state index in [1.54, 1.807) is 0 Å². The Hall–Kier alpha value is -2.41. The normalized spacial score (nSPS) is 16.6. The summed E-state index contributed by atoms with van der Waals surface area (Å²) in [6, 6.07) is 8.65. The maximum Gasteiger partial charge on any atom is 0.257 e. The molecular formula is C23H35N5O2. The molecule has 164 valence electrons. The molecule has 1 aliphatic rings. The molecule has 3 rings (SSSR count). The molecule has 7 heteroatoms. The SMILES string of the molecule is CCN(CCN(CC)C(C)C)C(=O)[C@H]1CCN(c2ccc(-c3nc(C)no3)cc2)C1. The van der Waals surface area contributed by atoms with Gasteiger partial charge in [-0.1, -0.05) is 12.1 Å². The molecular weight excluding hydrogens is 378 g/mol. The standard InChI is InChI=1S/C23H35N5O2/c1-6-26(17(3)4)14-15-27(7-2)23(29)20-12-13-28(16-20)21-10-8-19(9-11-21)22-24-18(5)25-30-22/h8-11,17,20H,6-7,12-16H2,1-5H3/t20-/m0/s1. The first-order chi connectivity index (χ1) is 14.4. The summed E-state index contributed by atoms with van der Waals surface area (Å²) in [5, 5.41) is 3.85. The second kappa shape index (κ2) is 10.1. The fraction of sp³-hybridized carbons (Fsp3) is 0.609. The van der Waals surface area contributed by atoms with Crippen molar-refractivity contribution in [3.8, 4) is 11.5 Å². The summed E-state index contributed by atoms with van der Waals surface area (Å²) in [7, 11) is 0. The Bertz CT molecular complexity index is 817. The van der Waals surface area contributed by atoms with E-state index in [4.69, 9.17) is 4.52 Å². The second-order valence-corrected chi connectivity index (χ2v) is 8.27. The van der Waals surface area contributed by atoms with E-state index in [1.165, 1.54) is 0 Å². The van der Waals surface area contributed by atoms with Gasteiger partial charge in [-0.15, -0.1) is 0 Å². The topological polar surface area (TPSA) is 65.7 Å². The predicted molar refractivity (Wildman–Crippen MR) is 119 cm³/mol. The number of anilines is 1. The Labute approximate surface area is 180 Å². The van der Waals surface area contributed by atoms with Crippen LogP contribution in [0.1, 0.15) is 39.9 Å². The monoisotopic (exact) mass is 413 g/mol. The Kier molecular flexibility index (Phi) is 7.48. The Balaban J connectivity index is 1.57. The van der Waals surface area contributed by atoms with Gasteiger partial charge in [0.2, 0.25) is 5.91 Å². The molecule has 1 aliphatic heterocycles. The third kappa shape index (κ3) is 5.19. The van der Waals surface area contributed by atoms with Gasteiger partial charge in [0.25, 0.3) is 5.89 Å². The Morgan fingerprint density at radius 1 is 1.20 bits per heavy atom. The minimum atomic E-state index is 0.0670. The molecule has 1 amide bonds. The predicted octanol–water partition coefficient (Wildman–Crippen LogP) is 3.45. The number of amides is 1.